The summed E-state index contributed by atoms with van der Waals surface area (Å²) in [7, 11) is 1.82. The van der Waals surface area contributed by atoms with Gasteiger partial charge in [0.05, 0.1) is 0 Å². The standard InChI is InChI=1S/C12H13N3OS/c1-13-10-8-11(15-12(14-10)17-2)16-9-6-4-3-5-7-9/h3-8H,1-2H3,(H,13,14,15). The van der Waals surface area contributed by atoms with Crippen molar-refractivity contribution < 1.29 is 4.74 Å². The number of nitrogens with one attached hydrogen (secondary N) is 1. The Morgan fingerprint density at radius 2 is 1.94 bits per heavy atom. The maximum atomic E-state index is 5.66. The predicted molar refractivity (Wildman–Crippen MR) is 69.9 cm³/mol. The van der Waals surface area contributed by atoms with Crippen LogP contribution in [0.3, 0.4) is 0 Å². The van der Waals surface area contributed by atoms with E-state index >= 15 is 0 Å². The fraction of sp³-hybridized carbons (Fsp3) is 0.167. The first-order valence-corrected chi connectivity index (χ1v) is 6.38. The number of nitrogens with zero attached hydrogens (tertiary/aromatic N) is 2. The number of hydrogen-bond donors (Lipinski definition) is 1. The summed E-state index contributed by atoms with van der Waals surface area (Å²) in [6.45, 7) is 0. The van der Waals surface area contributed by atoms with E-state index in [1.807, 2.05) is 43.6 Å². The second kappa shape index (κ2) is 5.54. The molecule has 0 saturated carbocycles. The van der Waals surface area contributed by atoms with Crippen LogP contribution in [0.2, 0.25) is 0 Å². The minimum atomic E-state index is 0.542. The zero-order valence-corrected chi connectivity index (χ0v) is 10.5. The minimum Gasteiger partial charge on any atom is -0.439 e. The van der Waals surface area contributed by atoms with Crippen LogP contribution in [0, 0.1) is 0 Å². The molecule has 5 heteroatoms. The molecule has 88 valence electrons. The van der Waals surface area contributed by atoms with E-state index in [9.17, 15) is 0 Å². The maximum Gasteiger partial charge on any atom is 0.225 e. The van der Waals surface area contributed by atoms with Gasteiger partial charge in [-0.25, -0.2) is 4.98 Å². The van der Waals surface area contributed by atoms with Crippen molar-refractivity contribution in [3.63, 3.8) is 0 Å². The molecule has 1 N–H and O–H groups in total. The topological polar surface area (TPSA) is 47.0 Å². The quantitative estimate of drug-likeness (QED) is 0.664. The second-order valence-electron chi connectivity index (χ2n) is 3.24. The Morgan fingerprint density at radius 3 is 2.59 bits per heavy atom. The fourth-order valence-corrected chi connectivity index (χ4v) is 1.66. The van der Waals surface area contributed by atoms with Gasteiger partial charge in [-0.3, -0.25) is 0 Å². The molecule has 0 spiro atoms. The number of rotatable bonds is 4. The van der Waals surface area contributed by atoms with Gasteiger partial charge in [0, 0.05) is 13.1 Å². The van der Waals surface area contributed by atoms with Crippen LogP contribution < -0.4 is 10.1 Å². The van der Waals surface area contributed by atoms with Gasteiger partial charge in [-0.1, -0.05) is 30.0 Å². The molecule has 0 bridgehead atoms. The summed E-state index contributed by atoms with van der Waals surface area (Å²) in [4.78, 5) is 8.56. The average molecular weight is 247 g/mol. The van der Waals surface area contributed by atoms with Crippen molar-refractivity contribution in [2.24, 2.45) is 0 Å². The van der Waals surface area contributed by atoms with Crippen molar-refractivity contribution in [2.75, 3.05) is 18.6 Å². The molecule has 0 radical (unpaired) electrons. The van der Waals surface area contributed by atoms with E-state index in [0.717, 1.165) is 11.6 Å². The first-order chi connectivity index (χ1) is 8.31. The summed E-state index contributed by atoms with van der Waals surface area (Å²) < 4.78 is 5.66. The van der Waals surface area contributed by atoms with Gasteiger partial charge < -0.3 is 10.1 Å². The van der Waals surface area contributed by atoms with E-state index in [0.29, 0.717) is 11.0 Å². The van der Waals surface area contributed by atoms with E-state index in [2.05, 4.69) is 15.3 Å². The number of aromatic nitrogens is 2. The lowest BCUT2D eigenvalue weighted by molar-refractivity contribution is 0.456. The Morgan fingerprint density at radius 1 is 1.18 bits per heavy atom. The van der Waals surface area contributed by atoms with Crippen LogP contribution in [0.4, 0.5) is 5.82 Å². The first kappa shape index (κ1) is 11.7. The number of para-hydroxylation sites is 1. The highest BCUT2D eigenvalue weighted by atomic mass is 32.2. The minimum absolute atomic E-state index is 0.542. The highest BCUT2D eigenvalue weighted by Gasteiger charge is 2.04. The highest BCUT2D eigenvalue weighted by Crippen LogP contribution is 2.23. The molecule has 0 aliphatic rings. The van der Waals surface area contributed by atoms with Crippen LogP contribution >= 0.6 is 11.8 Å². The summed E-state index contributed by atoms with van der Waals surface area (Å²) in [5.41, 5.74) is 0. The lowest BCUT2D eigenvalue weighted by atomic mass is 10.3. The van der Waals surface area contributed by atoms with Crippen molar-refractivity contribution in [1.82, 2.24) is 9.97 Å². The van der Waals surface area contributed by atoms with Crippen LogP contribution in [0.15, 0.2) is 41.6 Å². The smallest absolute Gasteiger partial charge is 0.225 e. The van der Waals surface area contributed by atoms with Gasteiger partial charge in [0.15, 0.2) is 5.16 Å². The van der Waals surface area contributed by atoms with Crippen molar-refractivity contribution in [3.8, 4) is 11.6 Å². The number of ether oxygens (including phenoxy) is 1. The van der Waals surface area contributed by atoms with Gasteiger partial charge in [0.2, 0.25) is 5.88 Å². The van der Waals surface area contributed by atoms with Crippen LogP contribution in [-0.4, -0.2) is 23.3 Å². The molecule has 0 unspecified atom stereocenters. The molecular formula is C12H13N3OS. The maximum absolute atomic E-state index is 5.66. The van der Waals surface area contributed by atoms with E-state index in [1.165, 1.54) is 11.8 Å². The van der Waals surface area contributed by atoms with Gasteiger partial charge in [0.25, 0.3) is 0 Å². The third kappa shape index (κ3) is 3.10. The van der Waals surface area contributed by atoms with Gasteiger partial charge in [0.1, 0.15) is 11.6 Å². The van der Waals surface area contributed by atoms with Crippen molar-refractivity contribution in [2.45, 2.75) is 5.16 Å². The molecule has 0 saturated heterocycles. The SMILES string of the molecule is CNc1cc(Oc2ccccc2)nc(SC)n1. The molecule has 0 atom stereocenters. The van der Waals surface area contributed by atoms with Crippen molar-refractivity contribution in [3.05, 3.63) is 36.4 Å². The normalized spacial score (nSPS) is 10.0. The van der Waals surface area contributed by atoms with Gasteiger partial charge in [-0.15, -0.1) is 0 Å². The Hall–Kier alpha value is -1.75. The number of anilines is 1. The van der Waals surface area contributed by atoms with Crippen molar-refractivity contribution >= 4 is 17.6 Å². The monoisotopic (exact) mass is 247 g/mol. The Balaban J connectivity index is 2.26. The summed E-state index contributed by atoms with van der Waals surface area (Å²) in [5.74, 6) is 2.05. The molecule has 0 aliphatic carbocycles. The number of benzene rings is 1. The van der Waals surface area contributed by atoms with Crippen LogP contribution in [0.5, 0.6) is 11.6 Å². The number of thioether (sulfide) groups is 1. The van der Waals surface area contributed by atoms with Crippen molar-refractivity contribution in [1.29, 1.82) is 0 Å². The third-order valence-corrected chi connectivity index (χ3v) is 2.63. The molecule has 2 rings (SSSR count). The van der Waals surface area contributed by atoms with E-state index < -0.39 is 0 Å². The third-order valence-electron chi connectivity index (χ3n) is 2.09. The summed E-state index contributed by atoms with van der Waals surface area (Å²) in [6.07, 6.45) is 1.93. The number of hydrogen-bond acceptors (Lipinski definition) is 5. The zero-order valence-electron chi connectivity index (χ0n) is 9.68. The Bertz CT molecular complexity index is 468. The molecule has 17 heavy (non-hydrogen) atoms. The van der Waals surface area contributed by atoms with E-state index in [1.54, 1.807) is 6.07 Å². The lowest BCUT2D eigenvalue weighted by Crippen LogP contribution is -1.97. The molecule has 0 aliphatic heterocycles. The highest BCUT2D eigenvalue weighted by molar-refractivity contribution is 7.98. The summed E-state index contributed by atoms with van der Waals surface area (Å²) >= 11 is 1.48. The zero-order chi connectivity index (χ0) is 12.1. The van der Waals surface area contributed by atoms with Gasteiger partial charge in [-0.05, 0) is 18.4 Å². The molecule has 1 heterocycles. The summed E-state index contributed by atoms with van der Waals surface area (Å²) in [5, 5.41) is 3.67. The largest absolute Gasteiger partial charge is 0.439 e. The average Bonchev–Trinajstić information content (AvgIpc) is 2.39. The fourth-order valence-electron chi connectivity index (χ4n) is 1.28. The van der Waals surface area contributed by atoms with E-state index in [4.69, 9.17) is 4.74 Å². The molecule has 0 fully saturated rings. The van der Waals surface area contributed by atoms with Crippen LogP contribution in [0.1, 0.15) is 0 Å². The summed E-state index contributed by atoms with van der Waals surface area (Å²) in [6, 6.07) is 11.3. The Kier molecular flexibility index (Phi) is 3.82. The lowest BCUT2D eigenvalue weighted by Gasteiger charge is -2.07. The van der Waals surface area contributed by atoms with Gasteiger partial charge >= 0.3 is 0 Å². The molecular weight excluding hydrogens is 234 g/mol. The molecule has 4 nitrogen and oxygen atoms in total. The molecule has 0 amide bonds. The first-order valence-electron chi connectivity index (χ1n) is 5.15. The molecule has 1 aromatic carbocycles. The Labute approximate surface area is 104 Å². The second-order valence-corrected chi connectivity index (χ2v) is 4.02. The van der Waals surface area contributed by atoms with Crippen LogP contribution in [-0.2, 0) is 0 Å². The molecule has 1 aromatic heterocycles. The van der Waals surface area contributed by atoms with Gasteiger partial charge in [-0.2, -0.15) is 4.98 Å². The molecule has 2 aromatic rings. The van der Waals surface area contributed by atoms with Crippen LogP contribution in [0.25, 0.3) is 0 Å². The predicted octanol–water partition coefficient (Wildman–Crippen LogP) is 3.03. The van der Waals surface area contributed by atoms with E-state index in [-0.39, 0.29) is 0 Å².